The monoisotopic (exact) mass is 261 g/mol. The number of halogens is 1. The van der Waals surface area contributed by atoms with E-state index in [1.165, 1.54) is 12.8 Å². The van der Waals surface area contributed by atoms with E-state index in [1.807, 2.05) is 0 Å². The third-order valence-corrected chi connectivity index (χ3v) is 3.04. The highest BCUT2D eigenvalue weighted by atomic mass is 35.5. The maximum Gasteiger partial charge on any atom is 0.242 e. The third-order valence-electron chi connectivity index (χ3n) is 3.04. The van der Waals surface area contributed by atoms with E-state index in [0.29, 0.717) is 6.54 Å². The molecule has 2 fully saturated rings. The van der Waals surface area contributed by atoms with Crippen LogP contribution in [-0.4, -0.2) is 37.5 Å². The standard InChI is InChI=1S/C11H19N3O2.ClH/c15-10(7-12-6-8-3-4-8)14-9-2-1-5-13-11(9)16;/h8-9,12H,1-7H2,(H,13,16)(H,14,15);1H. The van der Waals surface area contributed by atoms with Crippen LogP contribution in [0.5, 0.6) is 0 Å². The molecule has 1 saturated carbocycles. The van der Waals surface area contributed by atoms with Crippen molar-refractivity contribution in [3.8, 4) is 0 Å². The van der Waals surface area contributed by atoms with Gasteiger partial charge in [-0.3, -0.25) is 9.59 Å². The van der Waals surface area contributed by atoms with E-state index >= 15 is 0 Å². The molecule has 1 aliphatic carbocycles. The van der Waals surface area contributed by atoms with Gasteiger partial charge in [-0.05, 0) is 38.1 Å². The van der Waals surface area contributed by atoms with Gasteiger partial charge in [-0.25, -0.2) is 0 Å². The van der Waals surface area contributed by atoms with Crippen LogP contribution in [0.15, 0.2) is 0 Å². The molecule has 1 aliphatic heterocycles. The SMILES string of the molecule is Cl.O=C(CNCC1CC1)NC1CCCNC1=O. The summed E-state index contributed by atoms with van der Waals surface area (Å²) in [5.74, 6) is 0.635. The molecule has 0 radical (unpaired) electrons. The van der Waals surface area contributed by atoms with E-state index in [4.69, 9.17) is 0 Å². The van der Waals surface area contributed by atoms with Gasteiger partial charge in [0.25, 0.3) is 0 Å². The number of carbonyl (C=O) groups excluding carboxylic acids is 2. The molecular weight excluding hydrogens is 242 g/mol. The van der Waals surface area contributed by atoms with Crippen LogP contribution in [0.3, 0.4) is 0 Å². The normalized spacial score (nSPS) is 23.5. The van der Waals surface area contributed by atoms with Crippen molar-refractivity contribution in [2.75, 3.05) is 19.6 Å². The molecule has 6 heteroatoms. The van der Waals surface area contributed by atoms with Crippen LogP contribution in [0.1, 0.15) is 25.7 Å². The molecule has 2 aliphatic rings. The Hall–Kier alpha value is -0.810. The van der Waals surface area contributed by atoms with Gasteiger partial charge in [0.15, 0.2) is 0 Å². The maximum atomic E-state index is 11.5. The largest absolute Gasteiger partial charge is 0.354 e. The van der Waals surface area contributed by atoms with Gasteiger partial charge in [0.2, 0.25) is 11.8 Å². The minimum atomic E-state index is -0.330. The molecule has 98 valence electrons. The van der Waals surface area contributed by atoms with Crippen LogP contribution in [-0.2, 0) is 9.59 Å². The molecule has 0 aromatic heterocycles. The van der Waals surface area contributed by atoms with Gasteiger partial charge in [-0.1, -0.05) is 0 Å². The smallest absolute Gasteiger partial charge is 0.242 e. The fourth-order valence-corrected chi connectivity index (χ4v) is 1.87. The molecular formula is C11H20ClN3O2. The second kappa shape index (κ2) is 6.81. The van der Waals surface area contributed by atoms with Gasteiger partial charge in [-0.2, -0.15) is 0 Å². The fraction of sp³-hybridized carbons (Fsp3) is 0.818. The van der Waals surface area contributed by atoms with Crippen molar-refractivity contribution >= 4 is 24.2 Å². The summed E-state index contributed by atoms with van der Waals surface area (Å²) in [5.41, 5.74) is 0. The topological polar surface area (TPSA) is 70.2 Å². The predicted octanol–water partition coefficient (Wildman–Crippen LogP) is -0.197. The van der Waals surface area contributed by atoms with Crippen molar-refractivity contribution in [2.24, 2.45) is 5.92 Å². The first-order valence-corrected chi connectivity index (χ1v) is 6.03. The number of amides is 2. The quantitative estimate of drug-likeness (QED) is 0.642. The van der Waals surface area contributed by atoms with Crippen molar-refractivity contribution in [3.63, 3.8) is 0 Å². The molecule has 1 unspecified atom stereocenters. The van der Waals surface area contributed by atoms with Crippen LogP contribution >= 0.6 is 12.4 Å². The minimum absolute atomic E-state index is 0. The summed E-state index contributed by atoms with van der Waals surface area (Å²) >= 11 is 0. The molecule has 5 nitrogen and oxygen atoms in total. The Morgan fingerprint density at radius 2 is 2.12 bits per heavy atom. The molecule has 1 heterocycles. The Kier molecular flexibility index (Phi) is 5.71. The molecule has 3 N–H and O–H groups in total. The zero-order valence-corrected chi connectivity index (χ0v) is 10.6. The highest BCUT2D eigenvalue weighted by Crippen LogP contribution is 2.27. The number of carbonyl (C=O) groups is 2. The van der Waals surface area contributed by atoms with Gasteiger partial charge in [0.1, 0.15) is 6.04 Å². The lowest BCUT2D eigenvalue weighted by molar-refractivity contribution is -0.129. The lowest BCUT2D eigenvalue weighted by Gasteiger charge is -2.22. The number of rotatable bonds is 5. The first kappa shape index (κ1) is 14.3. The Labute approximate surface area is 108 Å². The van der Waals surface area contributed by atoms with E-state index in [1.54, 1.807) is 0 Å². The number of hydrogen-bond donors (Lipinski definition) is 3. The summed E-state index contributed by atoms with van der Waals surface area (Å²) in [6, 6.07) is -0.330. The predicted molar refractivity (Wildman–Crippen MR) is 67.0 cm³/mol. The zero-order valence-electron chi connectivity index (χ0n) is 9.83. The average molecular weight is 262 g/mol. The molecule has 17 heavy (non-hydrogen) atoms. The third kappa shape index (κ3) is 4.91. The first-order chi connectivity index (χ1) is 7.75. The fourth-order valence-electron chi connectivity index (χ4n) is 1.87. The number of piperidine rings is 1. The average Bonchev–Trinajstić information content (AvgIpc) is 3.05. The minimum Gasteiger partial charge on any atom is -0.354 e. The van der Waals surface area contributed by atoms with Crippen molar-refractivity contribution in [1.29, 1.82) is 0 Å². The zero-order chi connectivity index (χ0) is 11.4. The van der Waals surface area contributed by atoms with Crippen LogP contribution in [0.2, 0.25) is 0 Å². The molecule has 0 bridgehead atoms. The van der Waals surface area contributed by atoms with Crippen LogP contribution < -0.4 is 16.0 Å². The Morgan fingerprint density at radius 1 is 1.35 bits per heavy atom. The maximum absolute atomic E-state index is 11.5. The molecule has 0 spiro atoms. The summed E-state index contributed by atoms with van der Waals surface area (Å²) in [6.07, 6.45) is 4.24. The summed E-state index contributed by atoms with van der Waals surface area (Å²) in [7, 11) is 0. The van der Waals surface area contributed by atoms with E-state index < -0.39 is 0 Å². The molecule has 2 rings (SSSR count). The van der Waals surface area contributed by atoms with Gasteiger partial charge < -0.3 is 16.0 Å². The highest BCUT2D eigenvalue weighted by Gasteiger charge is 2.24. The second-order valence-electron chi connectivity index (χ2n) is 4.63. The number of hydrogen-bond acceptors (Lipinski definition) is 3. The van der Waals surface area contributed by atoms with Crippen molar-refractivity contribution < 1.29 is 9.59 Å². The summed E-state index contributed by atoms with van der Waals surface area (Å²) in [5, 5.41) is 8.60. The first-order valence-electron chi connectivity index (χ1n) is 6.03. The Morgan fingerprint density at radius 3 is 2.76 bits per heavy atom. The van der Waals surface area contributed by atoms with Crippen molar-refractivity contribution in [3.05, 3.63) is 0 Å². The Balaban J connectivity index is 0.00000144. The van der Waals surface area contributed by atoms with E-state index in [0.717, 1.165) is 31.8 Å². The summed E-state index contributed by atoms with van der Waals surface area (Å²) in [6.45, 7) is 1.97. The van der Waals surface area contributed by atoms with Gasteiger partial charge in [0, 0.05) is 6.54 Å². The van der Waals surface area contributed by atoms with Gasteiger partial charge in [-0.15, -0.1) is 12.4 Å². The molecule has 1 atom stereocenters. The Bertz CT molecular complexity index is 282. The molecule has 0 aromatic carbocycles. The molecule has 0 aromatic rings. The van der Waals surface area contributed by atoms with Crippen molar-refractivity contribution in [1.82, 2.24) is 16.0 Å². The highest BCUT2D eigenvalue weighted by molar-refractivity contribution is 5.88. The van der Waals surface area contributed by atoms with Crippen molar-refractivity contribution in [2.45, 2.75) is 31.7 Å². The molecule has 1 saturated heterocycles. The van der Waals surface area contributed by atoms with E-state index in [9.17, 15) is 9.59 Å². The lowest BCUT2D eigenvalue weighted by Crippen LogP contribution is -2.51. The summed E-state index contributed by atoms with van der Waals surface area (Å²) < 4.78 is 0. The van der Waals surface area contributed by atoms with E-state index in [2.05, 4.69) is 16.0 Å². The lowest BCUT2D eigenvalue weighted by atomic mass is 10.1. The van der Waals surface area contributed by atoms with Gasteiger partial charge in [0.05, 0.1) is 6.54 Å². The van der Waals surface area contributed by atoms with Crippen LogP contribution in [0, 0.1) is 5.92 Å². The van der Waals surface area contributed by atoms with Gasteiger partial charge >= 0.3 is 0 Å². The number of nitrogens with one attached hydrogen (secondary N) is 3. The second-order valence-corrected chi connectivity index (χ2v) is 4.63. The summed E-state index contributed by atoms with van der Waals surface area (Å²) in [4.78, 5) is 22.9. The molecule has 2 amide bonds. The van der Waals surface area contributed by atoms with E-state index in [-0.39, 0.29) is 30.3 Å². The van der Waals surface area contributed by atoms with Crippen LogP contribution in [0.4, 0.5) is 0 Å². The van der Waals surface area contributed by atoms with Crippen LogP contribution in [0.25, 0.3) is 0 Å².